The van der Waals surface area contributed by atoms with Gasteiger partial charge in [-0.25, -0.2) is 5.11 Å². The van der Waals surface area contributed by atoms with Gasteiger partial charge in [-0.15, -0.1) is 0 Å². The highest BCUT2D eigenvalue weighted by Crippen LogP contribution is 2.31. The van der Waals surface area contributed by atoms with Crippen molar-refractivity contribution >= 4 is 0 Å². The van der Waals surface area contributed by atoms with Gasteiger partial charge in [0.15, 0.2) is 0 Å². The molecule has 89 valence electrons. The predicted molar refractivity (Wildman–Crippen MR) is 51.7 cm³/mol. The molecule has 0 bridgehead atoms. The zero-order chi connectivity index (χ0) is 12.0. The van der Waals surface area contributed by atoms with Crippen molar-refractivity contribution < 1.29 is 23.0 Å². The fourth-order valence-corrected chi connectivity index (χ4v) is 1.16. The Hall–Kier alpha value is -1.23. The van der Waals surface area contributed by atoms with Gasteiger partial charge in [0.05, 0.1) is 18.8 Å². The highest BCUT2D eigenvalue weighted by atomic mass is 19.4. The molecule has 5 heteroatoms. The highest BCUT2D eigenvalue weighted by molar-refractivity contribution is 5.30. The van der Waals surface area contributed by atoms with Crippen LogP contribution >= 0.6 is 0 Å². The molecule has 1 aromatic carbocycles. The number of halogens is 3. The van der Waals surface area contributed by atoms with Crippen molar-refractivity contribution in [1.82, 2.24) is 0 Å². The van der Waals surface area contributed by atoms with Crippen LogP contribution in [0.2, 0.25) is 0 Å². The minimum atomic E-state index is -4.35. The summed E-state index contributed by atoms with van der Waals surface area (Å²) >= 11 is 0. The monoisotopic (exact) mass is 233 g/mol. The first-order chi connectivity index (χ1) is 7.54. The van der Waals surface area contributed by atoms with Gasteiger partial charge in [0, 0.05) is 0 Å². The second-order valence-corrected chi connectivity index (χ2v) is 3.29. The van der Waals surface area contributed by atoms with E-state index in [4.69, 9.17) is 4.74 Å². The zero-order valence-corrected chi connectivity index (χ0v) is 8.59. The van der Waals surface area contributed by atoms with Gasteiger partial charge < -0.3 is 4.74 Å². The van der Waals surface area contributed by atoms with E-state index in [9.17, 15) is 18.3 Å². The molecule has 1 rings (SSSR count). The Morgan fingerprint density at radius 3 is 2.56 bits per heavy atom. The smallest absolute Gasteiger partial charge is 0.416 e. The first-order valence-electron chi connectivity index (χ1n) is 4.92. The molecule has 2 nitrogen and oxygen atoms in total. The minimum Gasteiger partial charge on any atom is -0.494 e. The number of ether oxygens (including phenoxy) is 1. The molecular weight excluding hydrogens is 221 g/mol. The van der Waals surface area contributed by atoms with Crippen molar-refractivity contribution in [3.8, 4) is 5.75 Å². The van der Waals surface area contributed by atoms with E-state index < -0.39 is 11.7 Å². The lowest BCUT2D eigenvalue weighted by molar-refractivity contribution is -0.137. The number of rotatable bonds is 5. The molecule has 0 heterocycles. The molecule has 0 atom stereocenters. The third-order valence-electron chi connectivity index (χ3n) is 1.97. The fraction of sp³-hybridized carbons (Fsp3) is 0.455. The molecule has 1 aromatic rings. The summed E-state index contributed by atoms with van der Waals surface area (Å²) in [5.74, 6) is 0.181. The van der Waals surface area contributed by atoms with E-state index in [-0.39, 0.29) is 19.0 Å². The lowest BCUT2D eigenvalue weighted by atomic mass is 10.2. The fourth-order valence-electron chi connectivity index (χ4n) is 1.16. The Kier molecular flexibility index (Phi) is 4.61. The van der Waals surface area contributed by atoms with Gasteiger partial charge in [-0.1, -0.05) is 6.07 Å². The average Bonchev–Trinajstić information content (AvgIpc) is 2.24. The predicted octanol–water partition coefficient (Wildman–Crippen LogP) is 3.29. The van der Waals surface area contributed by atoms with Gasteiger partial charge in [-0.05, 0) is 31.0 Å². The second kappa shape index (κ2) is 5.75. The Morgan fingerprint density at radius 1 is 1.19 bits per heavy atom. The number of benzene rings is 1. The van der Waals surface area contributed by atoms with E-state index in [2.05, 4.69) is 0 Å². The molecule has 16 heavy (non-hydrogen) atoms. The molecule has 0 N–H and O–H groups in total. The van der Waals surface area contributed by atoms with Crippen molar-refractivity contribution in [3.05, 3.63) is 29.8 Å². The number of hydrogen-bond acceptors (Lipinski definition) is 1. The summed E-state index contributed by atoms with van der Waals surface area (Å²) in [5.41, 5.74) is -0.728. The maximum Gasteiger partial charge on any atom is 0.416 e. The van der Waals surface area contributed by atoms with Crippen LogP contribution in [0.25, 0.3) is 0 Å². The first-order valence-corrected chi connectivity index (χ1v) is 4.92. The summed E-state index contributed by atoms with van der Waals surface area (Å²) in [6, 6.07) is 4.71. The van der Waals surface area contributed by atoms with Crippen LogP contribution in [0.5, 0.6) is 5.75 Å². The molecule has 0 aliphatic rings. The van der Waals surface area contributed by atoms with Gasteiger partial charge in [0.1, 0.15) is 5.75 Å². The third-order valence-corrected chi connectivity index (χ3v) is 1.97. The Bertz CT molecular complexity index is 323. The third kappa shape index (κ3) is 4.10. The standard InChI is InChI=1S/C11H12F3O2/c12-11(13,14)9-4-3-5-10(8-9)16-7-2-1-6-15/h3-5,8H,1-2,6-7H2. The molecule has 0 saturated carbocycles. The normalized spacial score (nSPS) is 11.5. The second-order valence-electron chi connectivity index (χ2n) is 3.29. The summed E-state index contributed by atoms with van der Waals surface area (Å²) in [4.78, 5) is 0. The maximum atomic E-state index is 12.3. The van der Waals surface area contributed by atoms with Crippen LogP contribution in [0.3, 0.4) is 0 Å². The van der Waals surface area contributed by atoms with Crippen LogP contribution in [-0.2, 0) is 11.3 Å². The van der Waals surface area contributed by atoms with Crippen LogP contribution in [0, 0.1) is 0 Å². The van der Waals surface area contributed by atoms with Crippen LogP contribution in [0.1, 0.15) is 18.4 Å². The van der Waals surface area contributed by atoms with Crippen LogP contribution < -0.4 is 4.74 Å². The summed E-state index contributed by atoms with van der Waals surface area (Å²) in [6.45, 7) is 0.0789. The molecular formula is C11H12F3O2. The molecule has 0 fully saturated rings. The van der Waals surface area contributed by atoms with E-state index in [1.807, 2.05) is 0 Å². The minimum absolute atomic E-state index is 0.181. The molecule has 0 aromatic heterocycles. The Morgan fingerprint density at radius 2 is 1.94 bits per heavy atom. The SMILES string of the molecule is [O]CCCCOc1cccc(C(F)(F)F)c1. The van der Waals surface area contributed by atoms with Crippen LogP contribution in [0.4, 0.5) is 13.2 Å². The van der Waals surface area contributed by atoms with E-state index in [1.54, 1.807) is 0 Å². The Balaban J connectivity index is 2.54. The highest BCUT2D eigenvalue weighted by Gasteiger charge is 2.30. The van der Waals surface area contributed by atoms with Gasteiger partial charge >= 0.3 is 6.18 Å². The van der Waals surface area contributed by atoms with Crippen molar-refractivity contribution in [3.63, 3.8) is 0 Å². The van der Waals surface area contributed by atoms with Crippen LogP contribution in [0.15, 0.2) is 24.3 Å². The zero-order valence-electron chi connectivity index (χ0n) is 8.59. The number of unbranched alkanes of at least 4 members (excludes halogenated alkanes) is 1. The topological polar surface area (TPSA) is 29.1 Å². The van der Waals surface area contributed by atoms with Crippen LogP contribution in [-0.4, -0.2) is 13.2 Å². The van der Waals surface area contributed by atoms with E-state index in [0.29, 0.717) is 12.8 Å². The average molecular weight is 233 g/mol. The summed E-state index contributed by atoms with van der Waals surface area (Å²) in [6.07, 6.45) is -3.33. The summed E-state index contributed by atoms with van der Waals surface area (Å²) in [7, 11) is 0. The van der Waals surface area contributed by atoms with Crippen molar-refractivity contribution in [2.24, 2.45) is 0 Å². The van der Waals surface area contributed by atoms with E-state index >= 15 is 0 Å². The Labute approximate surface area is 91.7 Å². The summed E-state index contributed by atoms with van der Waals surface area (Å²) in [5, 5.41) is 10.1. The van der Waals surface area contributed by atoms with Gasteiger partial charge in [0.25, 0.3) is 0 Å². The van der Waals surface area contributed by atoms with Crippen molar-refractivity contribution in [1.29, 1.82) is 0 Å². The molecule has 0 aliphatic carbocycles. The first kappa shape index (κ1) is 12.8. The lowest BCUT2D eigenvalue weighted by Crippen LogP contribution is -2.05. The largest absolute Gasteiger partial charge is 0.494 e. The molecule has 0 unspecified atom stereocenters. The lowest BCUT2D eigenvalue weighted by Gasteiger charge is -2.09. The van der Waals surface area contributed by atoms with Gasteiger partial charge in [0.2, 0.25) is 0 Å². The van der Waals surface area contributed by atoms with Gasteiger partial charge in [-0.3, -0.25) is 0 Å². The maximum absolute atomic E-state index is 12.3. The quantitative estimate of drug-likeness (QED) is 0.717. The molecule has 0 spiro atoms. The molecule has 0 amide bonds. The summed E-state index contributed by atoms with van der Waals surface area (Å²) < 4.78 is 42.0. The van der Waals surface area contributed by atoms with Gasteiger partial charge in [-0.2, -0.15) is 13.2 Å². The van der Waals surface area contributed by atoms with E-state index in [1.165, 1.54) is 12.1 Å². The van der Waals surface area contributed by atoms with Crippen molar-refractivity contribution in [2.45, 2.75) is 19.0 Å². The number of alkyl halides is 3. The van der Waals surface area contributed by atoms with Crippen molar-refractivity contribution in [2.75, 3.05) is 13.2 Å². The number of hydrogen-bond donors (Lipinski definition) is 0. The molecule has 0 saturated heterocycles. The van der Waals surface area contributed by atoms with E-state index in [0.717, 1.165) is 12.1 Å². The molecule has 1 radical (unpaired) electrons. The molecule has 0 aliphatic heterocycles.